The van der Waals surface area contributed by atoms with Crippen molar-refractivity contribution in [2.45, 2.75) is 6.92 Å². The van der Waals surface area contributed by atoms with Gasteiger partial charge in [-0.15, -0.1) is 10.2 Å². The van der Waals surface area contributed by atoms with Gasteiger partial charge in [-0.25, -0.2) is 0 Å². The Morgan fingerprint density at radius 3 is 2.95 bits per heavy atom. The molecule has 2 heterocycles. The number of halogens is 1. The third kappa shape index (κ3) is 2.81. The van der Waals surface area contributed by atoms with Gasteiger partial charge in [0.25, 0.3) is 5.89 Å². The van der Waals surface area contributed by atoms with Crippen molar-refractivity contribution in [3.8, 4) is 11.5 Å². The molecule has 1 aromatic carbocycles. The molecule has 0 aliphatic heterocycles. The van der Waals surface area contributed by atoms with Gasteiger partial charge in [-0.2, -0.15) is 11.3 Å². The number of aromatic nitrogens is 2. The molecule has 0 radical (unpaired) electrons. The van der Waals surface area contributed by atoms with Crippen LogP contribution in [0.5, 0.6) is 0 Å². The van der Waals surface area contributed by atoms with Crippen molar-refractivity contribution in [1.29, 1.82) is 0 Å². The molecule has 100 valence electrons. The molecule has 3 rings (SSSR count). The Morgan fingerprint density at radius 2 is 2.20 bits per heavy atom. The summed E-state index contributed by atoms with van der Waals surface area (Å²) in [5.74, 6) is 0.801. The number of hydrogen-bond acceptors (Lipinski definition) is 4. The Labute approximate surface area is 125 Å². The van der Waals surface area contributed by atoms with E-state index in [0.717, 1.165) is 16.7 Å². The van der Waals surface area contributed by atoms with Crippen LogP contribution in [0.1, 0.15) is 17.0 Å². The Balaban J connectivity index is 1.91. The summed E-state index contributed by atoms with van der Waals surface area (Å²) in [5, 5.41) is 12.5. The Kier molecular flexibility index (Phi) is 3.67. The number of aryl methyl sites for hydroxylation is 1. The van der Waals surface area contributed by atoms with Crippen LogP contribution in [-0.4, -0.2) is 10.2 Å². The lowest BCUT2D eigenvalue weighted by Crippen LogP contribution is -1.78. The predicted molar refractivity (Wildman–Crippen MR) is 82.5 cm³/mol. The molecule has 5 heteroatoms. The van der Waals surface area contributed by atoms with Crippen molar-refractivity contribution < 1.29 is 4.42 Å². The zero-order valence-corrected chi connectivity index (χ0v) is 12.3. The molecule has 3 aromatic rings. The molecule has 0 aliphatic rings. The van der Waals surface area contributed by atoms with E-state index in [0.29, 0.717) is 16.8 Å². The predicted octanol–water partition coefficient (Wildman–Crippen LogP) is 4.84. The van der Waals surface area contributed by atoms with Gasteiger partial charge in [0.15, 0.2) is 0 Å². The van der Waals surface area contributed by atoms with Crippen LogP contribution in [0.4, 0.5) is 0 Å². The van der Waals surface area contributed by atoms with Crippen LogP contribution in [-0.2, 0) is 0 Å². The highest BCUT2D eigenvalue weighted by Crippen LogP contribution is 2.26. The van der Waals surface area contributed by atoms with E-state index in [-0.39, 0.29) is 0 Å². The quantitative estimate of drug-likeness (QED) is 0.694. The van der Waals surface area contributed by atoms with E-state index in [9.17, 15) is 0 Å². The number of rotatable bonds is 3. The first-order valence-electron chi connectivity index (χ1n) is 6.03. The maximum atomic E-state index is 6.20. The molecule has 0 amide bonds. The number of thiophene rings is 1. The number of benzene rings is 1. The van der Waals surface area contributed by atoms with Crippen molar-refractivity contribution in [2.24, 2.45) is 0 Å². The zero-order valence-electron chi connectivity index (χ0n) is 10.7. The van der Waals surface area contributed by atoms with Gasteiger partial charge in [0.2, 0.25) is 5.89 Å². The second-order valence-corrected chi connectivity index (χ2v) is 5.52. The Bertz CT molecular complexity index is 747. The first-order valence-corrected chi connectivity index (χ1v) is 7.35. The highest BCUT2D eigenvalue weighted by molar-refractivity contribution is 7.08. The van der Waals surface area contributed by atoms with Gasteiger partial charge in [-0.3, -0.25) is 0 Å². The molecule has 0 saturated heterocycles. The van der Waals surface area contributed by atoms with Crippen molar-refractivity contribution >= 4 is 34.0 Å². The minimum Gasteiger partial charge on any atom is -0.415 e. The number of hydrogen-bond donors (Lipinski definition) is 0. The van der Waals surface area contributed by atoms with Crippen LogP contribution in [0, 0.1) is 6.92 Å². The summed E-state index contributed by atoms with van der Waals surface area (Å²) in [6.07, 6.45) is 1.81. The Morgan fingerprint density at radius 1 is 1.30 bits per heavy atom. The summed E-state index contributed by atoms with van der Waals surface area (Å²) in [7, 11) is 0. The maximum Gasteiger partial charge on any atom is 0.259 e. The highest BCUT2D eigenvalue weighted by Gasteiger charge is 2.11. The fourth-order valence-electron chi connectivity index (χ4n) is 1.78. The maximum absolute atomic E-state index is 6.20. The van der Waals surface area contributed by atoms with E-state index < -0.39 is 0 Å². The van der Waals surface area contributed by atoms with Crippen LogP contribution >= 0.6 is 22.9 Å². The van der Waals surface area contributed by atoms with Crippen LogP contribution in [0.25, 0.3) is 22.6 Å². The van der Waals surface area contributed by atoms with Crippen LogP contribution in [0.3, 0.4) is 0 Å². The molecule has 20 heavy (non-hydrogen) atoms. The summed E-state index contributed by atoms with van der Waals surface area (Å²) in [4.78, 5) is 0. The Hall–Kier alpha value is -1.91. The molecule has 0 bridgehead atoms. The topological polar surface area (TPSA) is 38.9 Å². The van der Waals surface area contributed by atoms with E-state index >= 15 is 0 Å². The van der Waals surface area contributed by atoms with Gasteiger partial charge >= 0.3 is 0 Å². The van der Waals surface area contributed by atoms with Crippen molar-refractivity contribution in [3.63, 3.8) is 0 Å². The van der Waals surface area contributed by atoms with E-state index in [4.69, 9.17) is 16.0 Å². The molecule has 0 unspecified atom stereocenters. The largest absolute Gasteiger partial charge is 0.415 e. The molecule has 2 aromatic heterocycles. The normalized spacial score (nSPS) is 11.8. The minimum atomic E-state index is 0.328. The van der Waals surface area contributed by atoms with Crippen LogP contribution in [0.15, 0.2) is 45.5 Å². The van der Waals surface area contributed by atoms with E-state index in [2.05, 4.69) is 10.2 Å². The zero-order chi connectivity index (χ0) is 13.9. The molecule has 0 saturated carbocycles. The molecule has 3 nitrogen and oxygen atoms in total. The lowest BCUT2D eigenvalue weighted by molar-refractivity contribution is 0.556. The van der Waals surface area contributed by atoms with Crippen molar-refractivity contribution in [2.75, 3.05) is 0 Å². The molecule has 0 fully saturated rings. The van der Waals surface area contributed by atoms with Crippen molar-refractivity contribution in [1.82, 2.24) is 10.2 Å². The monoisotopic (exact) mass is 302 g/mol. The van der Waals surface area contributed by atoms with Crippen molar-refractivity contribution in [3.05, 3.63) is 58.1 Å². The minimum absolute atomic E-state index is 0.328. The fraction of sp³-hybridized carbons (Fsp3) is 0.0667. The van der Waals surface area contributed by atoms with Gasteiger partial charge < -0.3 is 4.42 Å². The van der Waals surface area contributed by atoms with Crippen LogP contribution in [0.2, 0.25) is 0 Å². The second-order valence-electron chi connectivity index (χ2n) is 4.33. The first kappa shape index (κ1) is 13.1. The molecular formula is C15H11ClN2OS. The summed E-state index contributed by atoms with van der Waals surface area (Å²) in [6, 6.07) is 9.88. The summed E-state index contributed by atoms with van der Waals surface area (Å²) in [6.45, 7) is 2.02. The SMILES string of the molecule is Cc1cccc(-c2nnc(/C(Cl)=C/c3ccsc3)o2)c1. The standard InChI is InChI=1S/C15H11ClN2OS/c1-10-3-2-4-12(7-10)14-17-18-15(19-14)13(16)8-11-5-6-20-9-11/h2-9H,1H3/b13-8-. The lowest BCUT2D eigenvalue weighted by atomic mass is 10.1. The van der Waals surface area contributed by atoms with Gasteiger partial charge in [0.1, 0.15) is 5.03 Å². The number of nitrogens with zero attached hydrogens (tertiary/aromatic N) is 2. The van der Waals surface area contributed by atoms with Gasteiger partial charge in [-0.1, -0.05) is 29.3 Å². The summed E-state index contributed by atoms with van der Waals surface area (Å²) >= 11 is 7.81. The molecular weight excluding hydrogens is 292 g/mol. The lowest BCUT2D eigenvalue weighted by Gasteiger charge is -1.96. The fourth-order valence-corrected chi connectivity index (χ4v) is 2.60. The van der Waals surface area contributed by atoms with Gasteiger partial charge in [-0.05, 0) is 47.5 Å². The third-order valence-corrected chi connectivity index (χ3v) is 3.70. The highest BCUT2D eigenvalue weighted by atomic mass is 35.5. The van der Waals surface area contributed by atoms with Gasteiger partial charge in [0.05, 0.1) is 0 Å². The first-order chi connectivity index (χ1) is 9.72. The summed E-state index contributed by atoms with van der Waals surface area (Å²) in [5.41, 5.74) is 3.06. The smallest absolute Gasteiger partial charge is 0.259 e. The van der Waals surface area contributed by atoms with Crippen LogP contribution < -0.4 is 0 Å². The van der Waals surface area contributed by atoms with E-state index in [1.165, 1.54) is 0 Å². The molecule has 0 N–H and O–H groups in total. The molecule has 0 spiro atoms. The third-order valence-electron chi connectivity index (χ3n) is 2.73. The van der Waals surface area contributed by atoms with E-state index in [1.54, 1.807) is 11.3 Å². The molecule has 0 aliphatic carbocycles. The van der Waals surface area contributed by atoms with Gasteiger partial charge in [0, 0.05) is 5.56 Å². The van der Waals surface area contributed by atoms with E-state index in [1.807, 2.05) is 54.1 Å². The average Bonchev–Trinajstić information content (AvgIpc) is 3.09. The molecule has 0 atom stereocenters. The summed E-state index contributed by atoms with van der Waals surface area (Å²) < 4.78 is 5.62. The average molecular weight is 303 g/mol. The second kappa shape index (κ2) is 5.61.